The molecule has 1 aliphatic carbocycles. The molecule has 12 aromatic rings. The van der Waals surface area contributed by atoms with Crippen LogP contribution in [0.15, 0.2) is 273 Å². The van der Waals surface area contributed by atoms with E-state index in [1.807, 2.05) is 0 Å². The number of hydrogen-bond acceptors (Lipinski definition) is 1. The number of rotatable bonds is 8. The number of anilines is 3. The minimum Gasteiger partial charge on any atom is -0.309 e. The van der Waals surface area contributed by atoms with Crippen LogP contribution in [0.1, 0.15) is 22.3 Å². The van der Waals surface area contributed by atoms with Crippen LogP contribution < -0.4 is 4.90 Å². The van der Waals surface area contributed by atoms with E-state index in [1.165, 1.54) is 99.1 Å². The summed E-state index contributed by atoms with van der Waals surface area (Å²) in [7, 11) is 0. The summed E-state index contributed by atoms with van der Waals surface area (Å²) >= 11 is 0. The Morgan fingerprint density at radius 2 is 0.706 bits per heavy atom. The molecule has 0 bridgehead atoms. The van der Waals surface area contributed by atoms with Crippen molar-refractivity contribution in [3.63, 3.8) is 0 Å². The van der Waals surface area contributed by atoms with E-state index in [9.17, 15) is 0 Å². The zero-order valence-corrected chi connectivity index (χ0v) is 37.4. The van der Waals surface area contributed by atoms with Crippen LogP contribution >= 0.6 is 0 Å². The smallest absolute Gasteiger partial charge is 0.0713 e. The number of fused-ring (bicyclic) bond motifs is 7. The zero-order valence-electron chi connectivity index (χ0n) is 37.4. The van der Waals surface area contributed by atoms with Gasteiger partial charge in [0.1, 0.15) is 0 Å². The Morgan fingerprint density at radius 1 is 0.265 bits per heavy atom. The predicted molar refractivity (Wildman–Crippen MR) is 287 cm³/mol. The molecule has 1 heteroatoms. The van der Waals surface area contributed by atoms with Crippen LogP contribution in [-0.4, -0.2) is 0 Å². The highest BCUT2D eigenvalue weighted by Gasteiger charge is 2.46. The fourth-order valence-corrected chi connectivity index (χ4v) is 11.3. The predicted octanol–water partition coefficient (Wildman–Crippen LogP) is 18.0. The maximum absolute atomic E-state index is 2.54. The maximum atomic E-state index is 2.54. The van der Waals surface area contributed by atoms with E-state index >= 15 is 0 Å². The second-order valence-corrected chi connectivity index (χ2v) is 17.9. The van der Waals surface area contributed by atoms with Crippen LogP contribution in [-0.2, 0) is 5.41 Å². The average Bonchev–Trinajstić information content (AvgIpc) is 3.72. The summed E-state index contributed by atoms with van der Waals surface area (Å²) in [6, 6.07) is 101. The molecule has 0 amide bonds. The van der Waals surface area contributed by atoms with Gasteiger partial charge in [-0.3, -0.25) is 0 Å². The van der Waals surface area contributed by atoms with Crippen LogP contribution in [0.2, 0.25) is 0 Å². The maximum Gasteiger partial charge on any atom is 0.0713 e. The van der Waals surface area contributed by atoms with E-state index in [4.69, 9.17) is 0 Å². The minimum absolute atomic E-state index is 0.501. The molecule has 0 spiro atoms. The first-order valence-electron chi connectivity index (χ1n) is 23.6. The third-order valence-corrected chi connectivity index (χ3v) is 14.3. The van der Waals surface area contributed by atoms with Crippen molar-refractivity contribution in [3.8, 4) is 44.5 Å². The Bertz CT molecular complexity index is 3770. The van der Waals surface area contributed by atoms with Crippen molar-refractivity contribution in [3.05, 3.63) is 295 Å². The van der Waals surface area contributed by atoms with Crippen molar-refractivity contribution in [1.29, 1.82) is 0 Å². The molecule has 1 aliphatic rings. The summed E-state index contributed by atoms with van der Waals surface area (Å²) in [6.45, 7) is 0. The van der Waals surface area contributed by atoms with Crippen LogP contribution in [0.5, 0.6) is 0 Å². The molecule has 0 heterocycles. The normalized spacial score (nSPS) is 12.5. The Balaban J connectivity index is 1.09. The van der Waals surface area contributed by atoms with Gasteiger partial charge in [0.15, 0.2) is 0 Å². The highest BCUT2D eigenvalue weighted by Crippen LogP contribution is 2.58. The Hall–Kier alpha value is -8.78. The molecule has 0 saturated heterocycles. The monoisotopic (exact) mass is 863 g/mol. The molecule has 68 heavy (non-hydrogen) atoms. The van der Waals surface area contributed by atoms with Gasteiger partial charge in [-0.15, -0.1) is 0 Å². The average molecular weight is 864 g/mol. The lowest BCUT2D eigenvalue weighted by molar-refractivity contribution is 0.768. The first-order chi connectivity index (χ1) is 33.8. The van der Waals surface area contributed by atoms with Crippen molar-refractivity contribution in [2.24, 2.45) is 0 Å². The molecule has 1 nitrogen and oxygen atoms in total. The first-order valence-corrected chi connectivity index (χ1v) is 23.6. The molecule has 0 unspecified atom stereocenters. The van der Waals surface area contributed by atoms with Gasteiger partial charge in [0.05, 0.1) is 11.1 Å². The summed E-state index contributed by atoms with van der Waals surface area (Å²) in [6.07, 6.45) is 0. The molecule has 0 aromatic heterocycles. The lowest BCUT2D eigenvalue weighted by Crippen LogP contribution is -2.28. The summed E-state index contributed by atoms with van der Waals surface area (Å²) in [5.74, 6) is 0. The zero-order chi connectivity index (χ0) is 45.0. The van der Waals surface area contributed by atoms with Gasteiger partial charge in [0.2, 0.25) is 0 Å². The number of nitrogens with zero attached hydrogens (tertiary/aromatic N) is 1. The van der Waals surface area contributed by atoms with Gasteiger partial charge < -0.3 is 4.90 Å². The molecule has 0 N–H and O–H groups in total. The third-order valence-electron chi connectivity index (χ3n) is 14.3. The highest BCUT2D eigenvalue weighted by molar-refractivity contribution is 6.24. The molecule has 12 aromatic carbocycles. The molecule has 0 radical (unpaired) electrons. The number of benzene rings is 12. The Kier molecular flexibility index (Phi) is 9.47. The topological polar surface area (TPSA) is 3.24 Å². The fraction of sp³-hybridized carbons (Fsp3) is 0.0149. The van der Waals surface area contributed by atoms with E-state index in [0.29, 0.717) is 0 Å². The van der Waals surface area contributed by atoms with Crippen LogP contribution in [0, 0.1) is 0 Å². The van der Waals surface area contributed by atoms with Gasteiger partial charge in [0, 0.05) is 22.3 Å². The largest absolute Gasteiger partial charge is 0.309 e. The molecule has 318 valence electrons. The summed E-state index contributed by atoms with van der Waals surface area (Å²) < 4.78 is 0. The molecule has 0 atom stereocenters. The van der Waals surface area contributed by atoms with Crippen molar-refractivity contribution >= 4 is 49.4 Å². The lowest BCUT2D eigenvalue weighted by atomic mass is 9.68. The lowest BCUT2D eigenvalue weighted by Gasteiger charge is -2.34. The second kappa shape index (κ2) is 16.3. The van der Waals surface area contributed by atoms with Gasteiger partial charge in [-0.1, -0.05) is 249 Å². The van der Waals surface area contributed by atoms with E-state index in [0.717, 1.165) is 17.1 Å². The Morgan fingerprint density at radius 3 is 1.37 bits per heavy atom. The highest BCUT2D eigenvalue weighted by atomic mass is 15.1. The van der Waals surface area contributed by atoms with Crippen molar-refractivity contribution < 1.29 is 0 Å². The quantitative estimate of drug-likeness (QED) is 0.138. The molecule has 0 saturated carbocycles. The third kappa shape index (κ3) is 6.24. The van der Waals surface area contributed by atoms with Crippen molar-refractivity contribution in [2.75, 3.05) is 4.90 Å². The number of hydrogen-bond donors (Lipinski definition) is 0. The SMILES string of the molecule is c1ccc(-c2ccc(-c3ccc(N(c4ccc5c(c4)-c4ccccc4C5(c4ccccc4)c4ccccc4)c4c(-c5cccc6ccccc56)c5ccccc5c5ccccc45)cc3)cc2)cc1. The van der Waals surface area contributed by atoms with Crippen molar-refractivity contribution in [1.82, 2.24) is 0 Å². The van der Waals surface area contributed by atoms with E-state index in [-0.39, 0.29) is 0 Å². The van der Waals surface area contributed by atoms with E-state index < -0.39 is 5.41 Å². The first kappa shape index (κ1) is 39.6. The van der Waals surface area contributed by atoms with Crippen molar-refractivity contribution in [2.45, 2.75) is 5.41 Å². The Labute approximate surface area is 397 Å². The minimum atomic E-state index is -0.501. The van der Waals surface area contributed by atoms with Gasteiger partial charge in [0.25, 0.3) is 0 Å². The summed E-state index contributed by atoms with van der Waals surface area (Å²) in [5, 5.41) is 7.32. The second-order valence-electron chi connectivity index (χ2n) is 17.9. The summed E-state index contributed by atoms with van der Waals surface area (Å²) in [4.78, 5) is 2.54. The van der Waals surface area contributed by atoms with E-state index in [2.05, 4.69) is 278 Å². The fourth-order valence-electron chi connectivity index (χ4n) is 11.3. The standard InChI is InChI=1S/C67H45N/c1-4-19-46(20-5-1)47-35-37-48(38-36-47)49-39-41-53(42-40-49)68(66-61-32-15-13-29-57(61)56-28-12-14-31-60(56)65(66)59-33-18-22-50-21-10-11-27-55(50)59)54-43-44-64-62(45-54)58-30-16-17-34-63(58)67(64,51-23-6-2-7-24-51)52-25-8-3-9-26-52/h1-45H. The van der Waals surface area contributed by atoms with Crippen LogP contribution in [0.25, 0.3) is 76.8 Å². The molecular formula is C67H45N. The van der Waals surface area contributed by atoms with Crippen LogP contribution in [0.3, 0.4) is 0 Å². The van der Waals surface area contributed by atoms with Gasteiger partial charge in [-0.2, -0.15) is 0 Å². The molecule has 0 aliphatic heterocycles. The van der Waals surface area contributed by atoms with Crippen LogP contribution in [0.4, 0.5) is 17.1 Å². The van der Waals surface area contributed by atoms with Gasteiger partial charge >= 0.3 is 0 Å². The van der Waals surface area contributed by atoms with E-state index in [1.54, 1.807) is 0 Å². The molecular weight excluding hydrogens is 819 g/mol. The van der Waals surface area contributed by atoms with Gasteiger partial charge in [-0.05, 0) is 112 Å². The molecule has 13 rings (SSSR count). The summed E-state index contributed by atoms with van der Waals surface area (Å²) in [5.41, 5.74) is 17.6. The molecule has 0 fully saturated rings. The van der Waals surface area contributed by atoms with Gasteiger partial charge in [-0.25, -0.2) is 0 Å².